The Bertz CT molecular complexity index is 1340. The summed E-state index contributed by atoms with van der Waals surface area (Å²) in [5, 5.41) is 0.514. The van der Waals surface area contributed by atoms with Gasteiger partial charge in [-0.15, -0.1) is 0 Å². The Morgan fingerprint density at radius 2 is 1.80 bits per heavy atom. The molecule has 0 bridgehead atoms. The number of nitrogens with zero attached hydrogens (tertiary/aromatic N) is 3. The van der Waals surface area contributed by atoms with Gasteiger partial charge >= 0.3 is 0 Å². The molecule has 3 heterocycles. The second kappa shape index (κ2) is 10.1. The molecule has 0 N–H and O–H groups in total. The van der Waals surface area contributed by atoms with E-state index in [1.165, 1.54) is 22.1 Å². The van der Waals surface area contributed by atoms with Crippen LogP contribution in [0.1, 0.15) is 18.4 Å². The number of hydrogen-bond donors (Lipinski definition) is 0. The number of fused-ring (bicyclic) bond motifs is 1. The van der Waals surface area contributed by atoms with Crippen LogP contribution in [0.25, 0.3) is 11.0 Å². The van der Waals surface area contributed by atoms with E-state index in [9.17, 15) is 21.6 Å². The van der Waals surface area contributed by atoms with Crippen molar-refractivity contribution < 1.29 is 31.1 Å². The highest BCUT2D eigenvalue weighted by Crippen LogP contribution is 2.31. The Labute approximate surface area is 205 Å². The molecule has 2 aliphatic heterocycles. The molecular weight excluding hydrogens is 503 g/mol. The molecule has 188 valence electrons. The van der Waals surface area contributed by atoms with Gasteiger partial charge in [-0.2, -0.15) is 4.31 Å². The van der Waals surface area contributed by atoms with Gasteiger partial charge in [-0.25, -0.2) is 26.6 Å². The summed E-state index contributed by atoms with van der Waals surface area (Å²) < 4.78 is 81.7. The number of ether oxygens (including phenoxy) is 2. The predicted octanol–water partition coefficient (Wildman–Crippen LogP) is 3.95. The fraction of sp³-hybridized carbons (Fsp3) is 0.435. The van der Waals surface area contributed by atoms with E-state index in [-0.39, 0.29) is 35.4 Å². The zero-order chi connectivity index (χ0) is 24.6. The summed E-state index contributed by atoms with van der Waals surface area (Å²) in [6, 6.07) is 6.19. The first-order valence-corrected chi connectivity index (χ1v) is 13.7. The molecule has 2 fully saturated rings. The summed E-state index contributed by atoms with van der Waals surface area (Å²) in [6.45, 7) is 2.43. The molecule has 0 saturated carbocycles. The normalized spacial score (nSPS) is 19.6. The van der Waals surface area contributed by atoms with E-state index in [4.69, 9.17) is 9.47 Å². The van der Waals surface area contributed by atoms with Gasteiger partial charge in [0.1, 0.15) is 5.82 Å². The van der Waals surface area contributed by atoms with Crippen LogP contribution < -0.4 is 0 Å². The Balaban J connectivity index is 1.48. The summed E-state index contributed by atoms with van der Waals surface area (Å²) in [4.78, 5) is 4.77. The molecule has 0 unspecified atom stereocenters. The standard InChI is InChI=1S/C23H24F3N3O4S2/c24-18-12-20(26)19(25)10-15(18)14-34-23-27-21-11-17(35(30,31)28-5-8-32-9-6-28)3-4-22(21)29(23)13-16-2-1-7-33-16/h3-4,10-12,16H,1-2,5-9,13-14H2/t16-/m1/s1. The molecule has 3 aromatic rings. The van der Waals surface area contributed by atoms with Crippen molar-refractivity contribution in [3.63, 3.8) is 0 Å². The molecule has 0 spiro atoms. The van der Waals surface area contributed by atoms with Crippen LogP contribution in [-0.2, 0) is 31.8 Å². The molecule has 7 nitrogen and oxygen atoms in total. The summed E-state index contributed by atoms with van der Waals surface area (Å²) in [5.74, 6) is -3.17. The third-order valence-electron chi connectivity index (χ3n) is 6.15. The highest BCUT2D eigenvalue weighted by atomic mass is 32.2. The van der Waals surface area contributed by atoms with Crippen molar-refractivity contribution >= 4 is 32.8 Å². The molecule has 5 rings (SSSR count). The fourth-order valence-electron chi connectivity index (χ4n) is 4.28. The zero-order valence-corrected chi connectivity index (χ0v) is 20.4. The Kier molecular flexibility index (Phi) is 7.09. The number of imidazole rings is 1. The Morgan fingerprint density at radius 3 is 2.54 bits per heavy atom. The van der Waals surface area contributed by atoms with E-state index in [0.717, 1.165) is 24.4 Å². The van der Waals surface area contributed by atoms with Gasteiger partial charge in [0.2, 0.25) is 10.0 Å². The van der Waals surface area contributed by atoms with Gasteiger partial charge in [0, 0.05) is 37.1 Å². The average molecular weight is 528 g/mol. The number of hydrogen-bond acceptors (Lipinski definition) is 6. The lowest BCUT2D eigenvalue weighted by Gasteiger charge is -2.26. The molecule has 2 saturated heterocycles. The molecule has 1 aromatic heterocycles. The topological polar surface area (TPSA) is 73.7 Å². The van der Waals surface area contributed by atoms with E-state index in [1.54, 1.807) is 12.1 Å². The van der Waals surface area contributed by atoms with Crippen molar-refractivity contribution in [1.29, 1.82) is 0 Å². The molecule has 12 heteroatoms. The van der Waals surface area contributed by atoms with Crippen molar-refractivity contribution in [1.82, 2.24) is 13.9 Å². The van der Waals surface area contributed by atoms with E-state index < -0.39 is 27.5 Å². The Hall–Kier alpha value is -2.12. The van der Waals surface area contributed by atoms with E-state index in [2.05, 4.69) is 4.98 Å². The second-order valence-electron chi connectivity index (χ2n) is 8.45. The maximum Gasteiger partial charge on any atom is 0.243 e. The van der Waals surface area contributed by atoms with Crippen molar-refractivity contribution in [3.05, 3.63) is 53.3 Å². The third kappa shape index (κ3) is 5.08. The molecule has 0 amide bonds. The summed E-state index contributed by atoms with van der Waals surface area (Å²) in [5.41, 5.74) is 1.21. The van der Waals surface area contributed by atoms with Gasteiger partial charge in [0.15, 0.2) is 16.8 Å². The van der Waals surface area contributed by atoms with Crippen LogP contribution in [0.15, 0.2) is 40.4 Å². The van der Waals surface area contributed by atoms with E-state index in [1.807, 2.05) is 4.57 Å². The minimum Gasteiger partial charge on any atom is -0.379 e. The number of sulfonamides is 1. The number of morpholine rings is 1. The minimum absolute atomic E-state index is 0.0141. The second-order valence-corrected chi connectivity index (χ2v) is 11.3. The third-order valence-corrected chi connectivity index (χ3v) is 9.07. The predicted molar refractivity (Wildman–Crippen MR) is 124 cm³/mol. The number of rotatable bonds is 7. The Morgan fingerprint density at radius 1 is 1.03 bits per heavy atom. The zero-order valence-electron chi connectivity index (χ0n) is 18.8. The highest BCUT2D eigenvalue weighted by molar-refractivity contribution is 7.98. The van der Waals surface area contributed by atoms with Gasteiger partial charge in [-0.3, -0.25) is 0 Å². The van der Waals surface area contributed by atoms with Crippen molar-refractivity contribution in [3.8, 4) is 0 Å². The van der Waals surface area contributed by atoms with Crippen LogP contribution in [0, 0.1) is 17.5 Å². The maximum atomic E-state index is 14.2. The lowest BCUT2D eigenvalue weighted by molar-refractivity contribution is 0.0730. The van der Waals surface area contributed by atoms with Crippen LogP contribution in [-0.4, -0.2) is 61.3 Å². The fourth-order valence-corrected chi connectivity index (χ4v) is 6.71. The maximum absolute atomic E-state index is 14.2. The van der Waals surface area contributed by atoms with Gasteiger partial charge in [0.05, 0.1) is 41.8 Å². The van der Waals surface area contributed by atoms with Crippen LogP contribution in [0.4, 0.5) is 13.2 Å². The minimum atomic E-state index is -3.70. The van der Waals surface area contributed by atoms with Crippen LogP contribution in [0.5, 0.6) is 0 Å². The smallest absolute Gasteiger partial charge is 0.243 e. The summed E-state index contributed by atoms with van der Waals surface area (Å²) >= 11 is 1.17. The lowest BCUT2D eigenvalue weighted by atomic mass is 10.2. The SMILES string of the molecule is O=S(=O)(c1ccc2c(c1)nc(SCc1cc(F)c(F)cc1F)n2C[C@H]1CCCO1)N1CCOCC1. The highest BCUT2D eigenvalue weighted by Gasteiger charge is 2.28. The van der Waals surface area contributed by atoms with Crippen LogP contribution in [0.3, 0.4) is 0 Å². The molecule has 0 aliphatic carbocycles. The van der Waals surface area contributed by atoms with Gasteiger partial charge in [0.25, 0.3) is 0 Å². The first-order chi connectivity index (χ1) is 16.8. The largest absolute Gasteiger partial charge is 0.379 e. The number of thioether (sulfide) groups is 1. The van der Waals surface area contributed by atoms with Gasteiger partial charge in [-0.05, 0) is 37.1 Å². The van der Waals surface area contributed by atoms with Gasteiger partial charge in [-0.1, -0.05) is 11.8 Å². The number of benzene rings is 2. The van der Waals surface area contributed by atoms with E-state index in [0.29, 0.717) is 43.1 Å². The molecule has 2 aromatic carbocycles. The monoisotopic (exact) mass is 527 g/mol. The van der Waals surface area contributed by atoms with Crippen LogP contribution >= 0.6 is 11.8 Å². The van der Waals surface area contributed by atoms with Crippen LogP contribution in [0.2, 0.25) is 0 Å². The first-order valence-electron chi connectivity index (χ1n) is 11.3. The van der Waals surface area contributed by atoms with Crippen molar-refractivity contribution in [2.45, 2.75) is 41.3 Å². The van der Waals surface area contributed by atoms with Crippen molar-refractivity contribution in [2.24, 2.45) is 0 Å². The number of aromatic nitrogens is 2. The summed E-state index contributed by atoms with van der Waals surface area (Å²) in [7, 11) is -3.70. The molecule has 0 radical (unpaired) electrons. The summed E-state index contributed by atoms with van der Waals surface area (Å²) in [6.07, 6.45) is 1.80. The van der Waals surface area contributed by atoms with Crippen molar-refractivity contribution in [2.75, 3.05) is 32.9 Å². The van der Waals surface area contributed by atoms with Gasteiger partial charge < -0.3 is 14.0 Å². The molecule has 2 aliphatic rings. The van der Waals surface area contributed by atoms with E-state index >= 15 is 0 Å². The quantitative estimate of drug-likeness (QED) is 0.342. The molecule has 1 atom stereocenters. The molecular formula is C23H24F3N3O4S2. The average Bonchev–Trinajstić information content (AvgIpc) is 3.49. The molecule has 35 heavy (non-hydrogen) atoms. The lowest BCUT2D eigenvalue weighted by Crippen LogP contribution is -2.40. The number of halogens is 3. The first kappa shape index (κ1) is 24.6.